The highest BCUT2D eigenvalue weighted by atomic mass is 31.2. The number of carbonyl (C=O) groups is 4. The molecule has 0 radical (unpaired) electrons. The Bertz CT molecular complexity index is 2580. The lowest BCUT2D eigenvalue weighted by atomic mass is 10.1. The third-order valence-corrected chi connectivity index (χ3v) is 18.6. The molecule has 0 saturated heterocycles. The standard InChI is InChI=1S/C87H146O17P2/c1-5-9-13-17-21-25-29-33-36-38-40-42-45-49-52-56-60-64-68-72-85(90)98-78-83(104-87(92)74-70-66-62-58-54-50-46-43-41-39-37-34-30-26-22-18-14-10-6-2)80-102-106(95,96)100-76-81(88)75-99-105(93,94)101-79-82(103-86(91)73-69-65-61-57-53-47-32-28-24-20-16-12-8-4)77-97-84(89)71-67-63-59-55-51-48-44-35-31-27-23-19-15-11-7-3/h9,13,16,20-23,25-28,32-37,40-44,49,52,81-83,88H,5-8,10-12,14-15,17-19,24,29-31,38-39,45-48,50-51,53-80H2,1-4H3,(H,93,94)(H,95,96)/b13-9-,20-16-,25-21-,26-22-,27-23-,32-28-,36-33-,37-34-,42-40-,43-41-,44-35-,52-49-. The van der Waals surface area contributed by atoms with Crippen molar-refractivity contribution >= 4 is 39.5 Å². The minimum absolute atomic E-state index is 0.0680. The number of phosphoric acid groups is 2. The van der Waals surface area contributed by atoms with Gasteiger partial charge in [0.15, 0.2) is 12.2 Å². The Labute approximate surface area is 643 Å². The number of unbranched alkanes of at least 4 members (excludes halogenated alkanes) is 26. The van der Waals surface area contributed by atoms with Crippen LogP contribution in [0.15, 0.2) is 146 Å². The fourth-order valence-electron chi connectivity index (χ4n) is 10.5. The van der Waals surface area contributed by atoms with Gasteiger partial charge in [0.05, 0.1) is 26.4 Å². The zero-order valence-corrected chi connectivity index (χ0v) is 68.1. The molecular formula is C87H146O17P2. The summed E-state index contributed by atoms with van der Waals surface area (Å²) in [7, 11) is -9.99. The van der Waals surface area contributed by atoms with E-state index in [1.54, 1.807) is 0 Å². The zero-order valence-electron chi connectivity index (χ0n) is 66.3. The second kappa shape index (κ2) is 78.1. The van der Waals surface area contributed by atoms with E-state index in [2.05, 4.69) is 174 Å². The van der Waals surface area contributed by atoms with Gasteiger partial charge in [0.2, 0.25) is 0 Å². The highest BCUT2D eigenvalue weighted by molar-refractivity contribution is 7.47. The van der Waals surface area contributed by atoms with Crippen LogP contribution in [0.5, 0.6) is 0 Å². The van der Waals surface area contributed by atoms with E-state index >= 15 is 0 Å². The monoisotopic (exact) mass is 1530 g/mol. The van der Waals surface area contributed by atoms with Crippen LogP contribution in [0, 0.1) is 0 Å². The molecular weight excluding hydrogens is 1380 g/mol. The molecule has 106 heavy (non-hydrogen) atoms. The van der Waals surface area contributed by atoms with Gasteiger partial charge >= 0.3 is 39.5 Å². The average Bonchev–Trinajstić information content (AvgIpc) is 0.903. The van der Waals surface area contributed by atoms with Crippen LogP contribution in [0.25, 0.3) is 0 Å². The molecule has 0 aliphatic heterocycles. The van der Waals surface area contributed by atoms with Crippen molar-refractivity contribution in [2.45, 2.75) is 341 Å². The molecule has 0 fully saturated rings. The highest BCUT2D eigenvalue weighted by Crippen LogP contribution is 2.45. The molecule has 19 heteroatoms. The van der Waals surface area contributed by atoms with Crippen molar-refractivity contribution in [2.24, 2.45) is 0 Å². The lowest BCUT2D eigenvalue weighted by Gasteiger charge is -2.21. The predicted molar refractivity (Wildman–Crippen MR) is 436 cm³/mol. The molecule has 0 amide bonds. The molecule has 17 nitrogen and oxygen atoms in total. The number of hydrogen-bond acceptors (Lipinski definition) is 15. The second-order valence-corrected chi connectivity index (χ2v) is 29.9. The molecule has 0 aliphatic carbocycles. The summed E-state index contributed by atoms with van der Waals surface area (Å²) >= 11 is 0. The summed E-state index contributed by atoms with van der Waals surface area (Å²) < 4.78 is 68.6. The van der Waals surface area contributed by atoms with Crippen LogP contribution in [0.3, 0.4) is 0 Å². The van der Waals surface area contributed by atoms with E-state index in [4.69, 9.17) is 37.0 Å². The van der Waals surface area contributed by atoms with Crippen LogP contribution in [-0.4, -0.2) is 96.7 Å². The largest absolute Gasteiger partial charge is 0.472 e. The minimum Gasteiger partial charge on any atom is -0.462 e. The summed E-state index contributed by atoms with van der Waals surface area (Å²) in [5, 5.41) is 10.7. The van der Waals surface area contributed by atoms with Gasteiger partial charge in [0.25, 0.3) is 0 Å². The average molecular weight is 1530 g/mol. The Morgan fingerprint density at radius 2 is 0.509 bits per heavy atom. The molecule has 0 spiro atoms. The number of allylic oxidation sites excluding steroid dienone is 24. The first-order chi connectivity index (χ1) is 51.7. The number of aliphatic hydroxyl groups is 1. The van der Waals surface area contributed by atoms with Gasteiger partial charge in [-0.3, -0.25) is 37.3 Å². The van der Waals surface area contributed by atoms with E-state index in [9.17, 15) is 43.2 Å². The first-order valence-corrected chi connectivity index (χ1v) is 44.1. The maximum Gasteiger partial charge on any atom is 0.472 e. The SMILES string of the molecule is CC/C=C\C/C=C\C/C=C\C/C=C\C/C=C\CCCCCC(=O)OCC(COP(=O)(O)OCC(O)COP(=O)(O)OCC(COC(=O)CCCCCCC/C=C\C/C=C\CCCCC)OC(=O)CCCCCCC/C=C\C/C=C\CCC)OC(=O)CCCCCCCC/C=C\C/C=C\C/C=C\CCCCC. The molecule has 5 unspecified atom stereocenters. The van der Waals surface area contributed by atoms with Gasteiger partial charge in [0, 0.05) is 25.7 Å². The fourth-order valence-corrected chi connectivity index (χ4v) is 12.1. The molecule has 0 aromatic heterocycles. The van der Waals surface area contributed by atoms with Crippen molar-refractivity contribution in [3.05, 3.63) is 146 Å². The van der Waals surface area contributed by atoms with Crippen LogP contribution in [0.2, 0.25) is 0 Å². The summed E-state index contributed by atoms with van der Waals surface area (Å²) in [6.07, 6.45) is 89.6. The van der Waals surface area contributed by atoms with E-state index < -0.39 is 97.5 Å². The third kappa shape index (κ3) is 77.1. The Hall–Kier alpha value is -5.06. The maximum atomic E-state index is 13.1. The van der Waals surface area contributed by atoms with Crippen molar-refractivity contribution in [3.63, 3.8) is 0 Å². The molecule has 0 bridgehead atoms. The molecule has 0 saturated carbocycles. The number of aliphatic hydroxyl groups excluding tert-OH is 1. The molecule has 5 atom stereocenters. The van der Waals surface area contributed by atoms with Crippen LogP contribution in [0.4, 0.5) is 0 Å². The van der Waals surface area contributed by atoms with Crippen molar-refractivity contribution in [2.75, 3.05) is 39.6 Å². The van der Waals surface area contributed by atoms with Gasteiger partial charge in [-0.2, -0.15) is 0 Å². The summed E-state index contributed by atoms with van der Waals surface area (Å²) in [5.41, 5.74) is 0. The summed E-state index contributed by atoms with van der Waals surface area (Å²) in [6.45, 7) is 4.57. The Kier molecular flexibility index (Phi) is 74.3. The zero-order chi connectivity index (χ0) is 77.4. The Morgan fingerprint density at radius 3 is 0.802 bits per heavy atom. The Balaban J connectivity index is 5.43. The van der Waals surface area contributed by atoms with E-state index in [0.29, 0.717) is 25.7 Å². The molecule has 0 aliphatic rings. The number of esters is 4. The van der Waals surface area contributed by atoms with Crippen LogP contribution in [-0.2, 0) is 65.4 Å². The lowest BCUT2D eigenvalue weighted by molar-refractivity contribution is -0.161. The quantitative estimate of drug-likeness (QED) is 0.0169. The second-order valence-electron chi connectivity index (χ2n) is 27.0. The summed E-state index contributed by atoms with van der Waals surface area (Å²) in [4.78, 5) is 73.1. The molecule has 606 valence electrons. The van der Waals surface area contributed by atoms with E-state index in [1.807, 2.05) is 0 Å². The first kappa shape index (κ1) is 101. The first-order valence-electron chi connectivity index (χ1n) is 41.1. The molecule has 0 aromatic carbocycles. The molecule has 0 aromatic rings. The van der Waals surface area contributed by atoms with Gasteiger partial charge in [-0.15, -0.1) is 0 Å². The Morgan fingerprint density at radius 1 is 0.274 bits per heavy atom. The molecule has 0 rings (SSSR count). The number of rotatable bonds is 76. The topological polar surface area (TPSA) is 237 Å². The number of hydrogen-bond donors (Lipinski definition) is 3. The predicted octanol–water partition coefficient (Wildman–Crippen LogP) is 24.2. The van der Waals surface area contributed by atoms with E-state index in [1.165, 1.54) is 38.5 Å². The lowest BCUT2D eigenvalue weighted by Crippen LogP contribution is -2.30. The van der Waals surface area contributed by atoms with Gasteiger partial charge in [-0.05, 0) is 167 Å². The van der Waals surface area contributed by atoms with Gasteiger partial charge in [-0.1, -0.05) is 276 Å². The smallest absolute Gasteiger partial charge is 0.462 e. The van der Waals surface area contributed by atoms with Crippen molar-refractivity contribution in [1.82, 2.24) is 0 Å². The van der Waals surface area contributed by atoms with Gasteiger partial charge in [0.1, 0.15) is 19.3 Å². The van der Waals surface area contributed by atoms with Gasteiger partial charge < -0.3 is 33.8 Å². The maximum absolute atomic E-state index is 13.1. The van der Waals surface area contributed by atoms with Crippen molar-refractivity contribution in [3.8, 4) is 0 Å². The fraction of sp³-hybridized carbons (Fsp3) is 0.678. The van der Waals surface area contributed by atoms with E-state index in [-0.39, 0.29) is 25.7 Å². The van der Waals surface area contributed by atoms with Crippen molar-refractivity contribution in [1.29, 1.82) is 0 Å². The summed E-state index contributed by atoms with van der Waals surface area (Å²) in [5.74, 6) is -2.26. The van der Waals surface area contributed by atoms with Crippen LogP contribution < -0.4 is 0 Å². The van der Waals surface area contributed by atoms with Gasteiger partial charge in [-0.25, -0.2) is 9.13 Å². The van der Waals surface area contributed by atoms with E-state index in [0.717, 1.165) is 205 Å². The van der Waals surface area contributed by atoms with Crippen LogP contribution in [0.1, 0.15) is 323 Å². The number of carbonyl (C=O) groups excluding carboxylic acids is 4. The number of phosphoric ester groups is 2. The normalized spacial score (nSPS) is 14.6. The molecule has 0 heterocycles. The van der Waals surface area contributed by atoms with Crippen molar-refractivity contribution < 1.29 is 80.2 Å². The third-order valence-electron chi connectivity index (χ3n) is 16.7. The summed E-state index contributed by atoms with van der Waals surface area (Å²) in [6, 6.07) is 0. The van der Waals surface area contributed by atoms with Crippen LogP contribution >= 0.6 is 15.6 Å². The highest BCUT2D eigenvalue weighted by Gasteiger charge is 2.30. The minimum atomic E-state index is -5.00. The number of ether oxygens (including phenoxy) is 4. The molecule has 3 N–H and O–H groups in total.